The van der Waals surface area contributed by atoms with Crippen molar-refractivity contribution in [2.75, 3.05) is 22.6 Å². The second-order valence-electron chi connectivity index (χ2n) is 7.11. The second kappa shape index (κ2) is 9.77. The van der Waals surface area contributed by atoms with Gasteiger partial charge in [-0.2, -0.15) is 0 Å². The lowest BCUT2D eigenvalue weighted by molar-refractivity contribution is -0.120. The highest BCUT2D eigenvalue weighted by Crippen LogP contribution is 2.31. The summed E-state index contributed by atoms with van der Waals surface area (Å²) in [5.74, 6) is -1.17. The lowest BCUT2D eigenvalue weighted by Crippen LogP contribution is -2.32. The Morgan fingerprint density at radius 2 is 1.50 bits per heavy atom. The monoisotopic (exact) mass is 515 g/mol. The molecule has 1 aliphatic rings. The molecule has 0 aromatic heterocycles. The van der Waals surface area contributed by atoms with Crippen molar-refractivity contribution in [1.29, 1.82) is 0 Å². The Bertz CT molecular complexity index is 1320. The lowest BCUT2D eigenvalue weighted by Gasteiger charge is -2.15. The zero-order valence-corrected chi connectivity index (χ0v) is 19.8. The summed E-state index contributed by atoms with van der Waals surface area (Å²) in [4.78, 5) is 39.0. The molecule has 1 aliphatic heterocycles. The highest BCUT2D eigenvalue weighted by molar-refractivity contribution is 6.53. The summed E-state index contributed by atoms with van der Waals surface area (Å²) < 4.78 is 5.23. The largest absolute Gasteiger partial charge is 0.495 e. The molecule has 0 aliphatic carbocycles. The van der Waals surface area contributed by atoms with Gasteiger partial charge in [0, 0.05) is 21.3 Å². The number of imide groups is 1. The molecule has 0 atom stereocenters. The van der Waals surface area contributed by atoms with Gasteiger partial charge in [-0.15, -0.1) is 0 Å². The van der Waals surface area contributed by atoms with Gasteiger partial charge in [0.2, 0.25) is 0 Å². The number of rotatable bonds is 6. The topological polar surface area (TPSA) is 87.7 Å². The van der Waals surface area contributed by atoms with E-state index in [2.05, 4.69) is 10.6 Å². The molecule has 0 unspecified atom stereocenters. The molecular weight excluding hydrogens is 501 g/mol. The summed E-state index contributed by atoms with van der Waals surface area (Å²) in [6.07, 6.45) is 0. The van der Waals surface area contributed by atoms with Gasteiger partial charge in [-0.25, -0.2) is 4.90 Å². The van der Waals surface area contributed by atoms with E-state index in [1.54, 1.807) is 66.7 Å². The number of benzene rings is 3. The van der Waals surface area contributed by atoms with Crippen LogP contribution in [0.2, 0.25) is 10.0 Å². The minimum Gasteiger partial charge on any atom is -0.495 e. The molecule has 0 saturated carbocycles. The Balaban J connectivity index is 1.49. The Kier molecular flexibility index (Phi) is 6.79. The van der Waals surface area contributed by atoms with E-state index in [4.69, 9.17) is 39.5 Å². The fourth-order valence-electron chi connectivity index (χ4n) is 3.26. The number of hydrogen-bond acceptors (Lipinski definition) is 5. The van der Waals surface area contributed by atoms with Gasteiger partial charge in [-0.1, -0.05) is 34.8 Å². The van der Waals surface area contributed by atoms with Crippen molar-refractivity contribution in [3.05, 3.63) is 93.1 Å². The summed E-state index contributed by atoms with van der Waals surface area (Å²) in [6.45, 7) is 0. The number of methoxy groups -OCH3 is 1. The Hall–Kier alpha value is -3.52. The van der Waals surface area contributed by atoms with Crippen LogP contribution in [-0.4, -0.2) is 24.8 Å². The molecule has 3 amide bonds. The summed E-state index contributed by atoms with van der Waals surface area (Å²) in [5.41, 5.74) is 1.52. The van der Waals surface area contributed by atoms with Crippen LogP contribution in [0.5, 0.6) is 5.75 Å². The van der Waals surface area contributed by atoms with Gasteiger partial charge in [-0.3, -0.25) is 14.4 Å². The molecule has 34 heavy (non-hydrogen) atoms. The third-order valence-electron chi connectivity index (χ3n) is 4.94. The van der Waals surface area contributed by atoms with E-state index < -0.39 is 11.8 Å². The first kappa shape index (κ1) is 23.6. The third kappa shape index (κ3) is 4.72. The van der Waals surface area contributed by atoms with Gasteiger partial charge in [0.25, 0.3) is 17.7 Å². The molecule has 4 rings (SSSR count). The number of nitrogens with zero attached hydrogens (tertiary/aromatic N) is 1. The molecule has 3 aromatic rings. The Labute approximate surface area is 209 Å². The fraction of sp³-hybridized carbons (Fsp3) is 0.0417. The first-order valence-electron chi connectivity index (χ1n) is 9.84. The maximum atomic E-state index is 12.9. The minimum absolute atomic E-state index is 0.0671. The van der Waals surface area contributed by atoms with E-state index >= 15 is 0 Å². The van der Waals surface area contributed by atoms with E-state index in [1.165, 1.54) is 7.11 Å². The van der Waals surface area contributed by atoms with Gasteiger partial charge in [0.05, 0.1) is 18.5 Å². The number of halogens is 3. The number of carbonyl (C=O) groups excluding carboxylic acids is 3. The maximum Gasteiger partial charge on any atom is 0.283 e. The predicted octanol–water partition coefficient (Wildman–Crippen LogP) is 5.69. The van der Waals surface area contributed by atoms with Crippen molar-refractivity contribution in [3.8, 4) is 5.75 Å². The van der Waals surface area contributed by atoms with Crippen LogP contribution in [0.1, 0.15) is 10.4 Å². The molecule has 3 aromatic carbocycles. The van der Waals surface area contributed by atoms with Crippen molar-refractivity contribution in [3.63, 3.8) is 0 Å². The van der Waals surface area contributed by atoms with E-state index in [-0.39, 0.29) is 16.6 Å². The smallest absolute Gasteiger partial charge is 0.283 e. The van der Waals surface area contributed by atoms with Crippen LogP contribution >= 0.6 is 34.8 Å². The number of hydrogen-bond donors (Lipinski definition) is 2. The van der Waals surface area contributed by atoms with Crippen LogP contribution in [0.4, 0.5) is 17.1 Å². The molecular formula is C24H16Cl3N3O4. The van der Waals surface area contributed by atoms with Crippen molar-refractivity contribution in [1.82, 2.24) is 0 Å². The van der Waals surface area contributed by atoms with Crippen molar-refractivity contribution in [2.24, 2.45) is 0 Å². The van der Waals surface area contributed by atoms with Gasteiger partial charge in [-0.05, 0) is 66.7 Å². The van der Waals surface area contributed by atoms with Crippen LogP contribution in [0.15, 0.2) is 77.5 Å². The van der Waals surface area contributed by atoms with Crippen LogP contribution < -0.4 is 20.3 Å². The van der Waals surface area contributed by atoms with E-state index in [1.807, 2.05) is 0 Å². The average Bonchev–Trinajstić information content (AvgIpc) is 3.03. The molecule has 0 radical (unpaired) electrons. The average molecular weight is 517 g/mol. The molecule has 2 N–H and O–H groups in total. The minimum atomic E-state index is -0.650. The van der Waals surface area contributed by atoms with E-state index in [0.717, 1.165) is 4.90 Å². The summed E-state index contributed by atoms with van der Waals surface area (Å²) >= 11 is 18.0. The quantitative estimate of drug-likeness (QED) is 0.411. The standard InChI is InChI=1S/C24H16Cl3N3O4/c1-34-19-11-6-15(26)12-18(19)29-22(31)13-2-7-16(8-3-13)28-21-20(27)23(32)30(24(21)33)17-9-4-14(25)5-10-17/h2-12,28H,1H3,(H,29,31). The van der Waals surface area contributed by atoms with E-state index in [0.29, 0.717) is 38.4 Å². The van der Waals surface area contributed by atoms with Crippen LogP contribution in [0.3, 0.4) is 0 Å². The molecule has 7 nitrogen and oxygen atoms in total. The van der Waals surface area contributed by atoms with Gasteiger partial charge < -0.3 is 15.4 Å². The number of carbonyl (C=O) groups is 3. The molecule has 1 heterocycles. The molecule has 0 fully saturated rings. The molecule has 10 heteroatoms. The van der Waals surface area contributed by atoms with Crippen molar-refractivity contribution < 1.29 is 19.1 Å². The first-order chi connectivity index (χ1) is 16.3. The van der Waals surface area contributed by atoms with Crippen LogP contribution in [0.25, 0.3) is 0 Å². The Morgan fingerprint density at radius 3 is 2.15 bits per heavy atom. The van der Waals surface area contributed by atoms with Gasteiger partial charge in [0.1, 0.15) is 16.5 Å². The van der Waals surface area contributed by atoms with Crippen molar-refractivity contribution in [2.45, 2.75) is 0 Å². The highest BCUT2D eigenvalue weighted by Gasteiger charge is 2.38. The van der Waals surface area contributed by atoms with E-state index in [9.17, 15) is 14.4 Å². The van der Waals surface area contributed by atoms with Crippen LogP contribution in [-0.2, 0) is 9.59 Å². The fourth-order valence-corrected chi connectivity index (χ4v) is 3.77. The lowest BCUT2D eigenvalue weighted by atomic mass is 10.1. The maximum absolute atomic E-state index is 12.9. The Morgan fingerprint density at radius 1 is 0.853 bits per heavy atom. The first-order valence-corrected chi connectivity index (χ1v) is 11.0. The van der Waals surface area contributed by atoms with Gasteiger partial charge >= 0.3 is 0 Å². The molecule has 172 valence electrons. The number of ether oxygens (including phenoxy) is 1. The number of amides is 3. The summed E-state index contributed by atoms with van der Waals surface area (Å²) in [6, 6.07) is 17.4. The van der Waals surface area contributed by atoms with Crippen LogP contribution in [0, 0.1) is 0 Å². The highest BCUT2D eigenvalue weighted by atomic mass is 35.5. The number of nitrogens with one attached hydrogen (secondary N) is 2. The third-order valence-corrected chi connectivity index (χ3v) is 5.78. The SMILES string of the molecule is COc1ccc(Cl)cc1NC(=O)c1ccc(NC2=C(Cl)C(=O)N(c3ccc(Cl)cc3)C2=O)cc1. The molecule has 0 saturated heterocycles. The molecule has 0 bridgehead atoms. The summed E-state index contributed by atoms with van der Waals surface area (Å²) in [5, 5.41) is 6.29. The normalized spacial score (nSPS) is 13.4. The van der Waals surface area contributed by atoms with Gasteiger partial charge in [0.15, 0.2) is 0 Å². The van der Waals surface area contributed by atoms with Crippen molar-refractivity contribution >= 4 is 69.6 Å². The zero-order chi connectivity index (χ0) is 24.4. The molecule has 0 spiro atoms. The predicted molar refractivity (Wildman–Crippen MR) is 133 cm³/mol. The number of anilines is 3. The zero-order valence-electron chi connectivity index (χ0n) is 17.6. The summed E-state index contributed by atoms with van der Waals surface area (Å²) in [7, 11) is 1.49. The second-order valence-corrected chi connectivity index (χ2v) is 8.36.